The van der Waals surface area contributed by atoms with Gasteiger partial charge >= 0.3 is 0 Å². The molecule has 2 rings (SSSR count). The van der Waals surface area contributed by atoms with E-state index in [1.807, 2.05) is 12.3 Å². The Morgan fingerprint density at radius 1 is 1.24 bits per heavy atom. The summed E-state index contributed by atoms with van der Waals surface area (Å²) in [6.07, 6.45) is 8.63. The maximum atomic E-state index is 5.82. The molecule has 0 radical (unpaired) electrons. The Morgan fingerprint density at radius 3 is 2.86 bits per heavy atom. The van der Waals surface area contributed by atoms with Crippen molar-refractivity contribution in [1.29, 1.82) is 0 Å². The Hall–Kier alpha value is -0.890. The SMILES string of the molecule is C/C(=C/OCCC1(C)CCCCCSC1)c1ccccc1. The van der Waals surface area contributed by atoms with Crippen molar-refractivity contribution in [2.75, 3.05) is 18.1 Å². The number of ether oxygens (including phenoxy) is 1. The lowest BCUT2D eigenvalue weighted by atomic mass is 9.83. The summed E-state index contributed by atoms with van der Waals surface area (Å²) in [6, 6.07) is 10.4. The lowest BCUT2D eigenvalue weighted by Crippen LogP contribution is -2.23. The van der Waals surface area contributed by atoms with Crippen LogP contribution in [0.4, 0.5) is 0 Å². The van der Waals surface area contributed by atoms with Crippen molar-refractivity contribution in [2.45, 2.75) is 46.0 Å². The number of hydrogen-bond acceptors (Lipinski definition) is 2. The molecule has 0 saturated carbocycles. The van der Waals surface area contributed by atoms with Crippen LogP contribution in [-0.4, -0.2) is 18.1 Å². The molecule has 1 atom stereocenters. The zero-order valence-electron chi connectivity index (χ0n) is 13.4. The van der Waals surface area contributed by atoms with Crippen LogP contribution in [0.5, 0.6) is 0 Å². The summed E-state index contributed by atoms with van der Waals surface area (Å²) in [6.45, 7) is 5.38. The van der Waals surface area contributed by atoms with Gasteiger partial charge in [0.15, 0.2) is 0 Å². The lowest BCUT2D eigenvalue weighted by Gasteiger charge is -2.30. The van der Waals surface area contributed by atoms with Gasteiger partial charge in [0, 0.05) is 0 Å². The standard InChI is InChI=1S/C19H28OS/c1-17(18-9-5-3-6-10-18)15-20-13-12-19(2)11-7-4-8-14-21-16-19/h3,5-6,9-10,15H,4,7-8,11-14,16H2,1-2H3/b17-15-. The molecule has 0 bridgehead atoms. The predicted molar refractivity (Wildman–Crippen MR) is 94.6 cm³/mol. The predicted octanol–water partition coefficient (Wildman–Crippen LogP) is 5.77. The molecule has 1 aliphatic rings. The van der Waals surface area contributed by atoms with E-state index in [2.05, 4.69) is 49.9 Å². The van der Waals surface area contributed by atoms with Gasteiger partial charge in [-0.25, -0.2) is 0 Å². The van der Waals surface area contributed by atoms with Crippen molar-refractivity contribution in [3.63, 3.8) is 0 Å². The fraction of sp³-hybridized carbons (Fsp3) is 0.579. The van der Waals surface area contributed by atoms with E-state index in [0.717, 1.165) is 6.61 Å². The van der Waals surface area contributed by atoms with Crippen molar-refractivity contribution >= 4 is 17.3 Å². The van der Waals surface area contributed by atoms with E-state index in [4.69, 9.17) is 4.74 Å². The average molecular weight is 304 g/mol. The maximum Gasteiger partial charge on any atom is 0.0879 e. The van der Waals surface area contributed by atoms with Gasteiger partial charge < -0.3 is 4.74 Å². The second-order valence-corrected chi connectivity index (χ2v) is 7.57. The van der Waals surface area contributed by atoms with Crippen molar-refractivity contribution in [1.82, 2.24) is 0 Å². The van der Waals surface area contributed by atoms with Crippen LogP contribution in [-0.2, 0) is 4.74 Å². The van der Waals surface area contributed by atoms with E-state index >= 15 is 0 Å². The molecule has 1 heterocycles. The van der Waals surface area contributed by atoms with Gasteiger partial charge in [0.05, 0.1) is 12.9 Å². The quantitative estimate of drug-likeness (QED) is 0.504. The summed E-state index contributed by atoms with van der Waals surface area (Å²) in [4.78, 5) is 0. The third-order valence-corrected chi connectivity index (χ3v) is 5.81. The Bertz CT molecular complexity index is 430. The fourth-order valence-electron chi connectivity index (χ4n) is 2.78. The Labute approximate surface area is 134 Å². The summed E-state index contributed by atoms with van der Waals surface area (Å²) in [5.74, 6) is 2.63. The highest BCUT2D eigenvalue weighted by Crippen LogP contribution is 2.35. The van der Waals surface area contributed by atoms with Crippen molar-refractivity contribution in [3.8, 4) is 0 Å². The second kappa shape index (κ2) is 8.53. The first-order valence-corrected chi connectivity index (χ1v) is 9.27. The van der Waals surface area contributed by atoms with Crippen LogP contribution in [0.3, 0.4) is 0 Å². The van der Waals surface area contributed by atoms with Gasteiger partial charge in [0.25, 0.3) is 0 Å². The average Bonchev–Trinajstić information content (AvgIpc) is 2.49. The molecular formula is C19H28OS. The first kappa shape index (κ1) is 16.5. The fourth-order valence-corrected chi connectivity index (χ4v) is 4.11. The molecular weight excluding hydrogens is 276 g/mol. The highest BCUT2D eigenvalue weighted by atomic mass is 32.2. The molecule has 1 aliphatic heterocycles. The summed E-state index contributed by atoms with van der Waals surface area (Å²) < 4.78 is 5.82. The summed E-state index contributed by atoms with van der Waals surface area (Å²) in [5.41, 5.74) is 2.90. The molecule has 2 heteroatoms. The molecule has 0 aliphatic carbocycles. The molecule has 1 saturated heterocycles. The van der Waals surface area contributed by atoms with Crippen LogP contribution in [0.15, 0.2) is 36.6 Å². The van der Waals surface area contributed by atoms with Crippen LogP contribution in [0, 0.1) is 5.41 Å². The number of hydrogen-bond donors (Lipinski definition) is 0. The molecule has 1 aromatic carbocycles. The molecule has 0 spiro atoms. The molecule has 0 amide bonds. The molecule has 1 fully saturated rings. The zero-order valence-corrected chi connectivity index (χ0v) is 14.3. The van der Waals surface area contributed by atoms with Crippen LogP contribution in [0.1, 0.15) is 51.5 Å². The van der Waals surface area contributed by atoms with Crippen LogP contribution in [0.2, 0.25) is 0 Å². The first-order chi connectivity index (χ1) is 10.2. The largest absolute Gasteiger partial charge is 0.501 e. The Kier molecular flexibility index (Phi) is 6.69. The third kappa shape index (κ3) is 5.78. The minimum absolute atomic E-state index is 0.458. The van der Waals surface area contributed by atoms with Gasteiger partial charge in [-0.1, -0.05) is 50.1 Å². The van der Waals surface area contributed by atoms with Gasteiger partial charge in [0.1, 0.15) is 0 Å². The number of allylic oxidation sites excluding steroid dienone is 1. The van der Waals surface area contributed by atoms with E-state index in [1.165, 1.54) is 54.7 Å². The molecule has 1 nitrogen and oxygen atoms in total. The maximum absolute atomic E-state index is 5.82. The third-order valence-electron chi connectivity index (χ3n) is 4.33. The molecule has 116 valence electrons. The molecule has 0 aromatic heterocycles. The first-order valence-electron chi connectivity index (χ1n) is 8.11. The summed E-state index contributed by atoms with van der Waals surface area (Å²) in [7, 11) is 0. The van der Waals surface area contributed by atoms with Crippen molar-refractivity contribution < 1.29 is 4.74 Å². The minimum Gasteiger partial charge on any atom is -0.501 e. The molecule has 0 N–H and O–H groups in total. The van der Waals surface area contributed by atoms with Gasteiger partial charge in [-0.2, -0.15) is 11.8 Å². The monoisotopic (exact) mass is 304 g/mol. The van der Waals surface area contributed by atoms with Crippen LogP contribution in [0.25, 0.3) is 5.57 Å². The number of rotatable bonds is 5. The topological polar surface area (TPSA) is 9.23 Å². The van der Waals surface area contributed by atoms with Gasteiger partial charge in [-0.05, 0) is 54.2 Å². The Morgan fingerprint density at radius 2 is 2.05 bits per heavy atom. The molecule has 21 heavy (non-hydrogen) atoms. The molecule has 1 unspecified atom stereocenters. The van der Waals surface area contributed by atoms with Gasteiger partial charge in [-0.3, -0.25) is 0 Å². The highest BCUT2D eigenvalue weighted by Gasteiger charge is 2.24. The van der Waals surface area contributed by atoms with E-state index in [1.54, 1.807) is 0 Å². The smallest absolute Gasteiger partial charge is 0.0879 e. The summed E-state index contributed by atoms with van der Waals surface area (Å²) >= 11 is 2.13. The summed E-state index contributed by atoms with van der Waals surface area (Å²) in [5, 5.41) is 0. The molecule has 1 aromatic rings. The van der Waals surface area contributed by atoms with E-state index in [0.29, 0.717) is 5.41 Å². The van der Waals surface area contributed by atoms with Crippen LogP contribution < -0.4 is 0 Å². The van der Waals surface area contributed by atoms with Gasteiger partial charge in [-0.15, -0.1) is 0 Å². The lowest BCUT2D eigenvalue weighted by molar-refractivity contribution is 0.180. The van der Waals surface area contributed by atoms with Crippen LogP contribution >= 0.6 is 11.8 Å². The van der Waals surface area contributed by atoms with E-state index in [-0.39, 0.29) is 0 Å². The Balaban J connectivity index is 1.77. The number of benzene rings is 1. The van der Waals surface area contributed by atoms with E-state index < -0.39 is 0 Å². The normalized spacial score (nSPS) is 24.2. The van der Waals surface area contributed by atoms with Crippen molar-refractivity contribution in [3.05, 3.63) is 42.2 Å². The minimum atomic E-state index is 0.458. The van der Waals surface area contributed by atoms with Gasteiger partial charge in [0.2, 0.25) is 0 Å². The zero-order chi connectivity index (χ0) is 15.0. The highest BCUT2D eigenvalue weighted by molar-refractivity contribution is 7.99. The number of thioether (sulfide) groups is 1. The van der Waals surface area contributed by atoms with Crippen molar-refractivity contribution in [2.24, 2.45) is 5.41 Å². The second-order valence-electron chi connectivity index (χ2n) is 6.46. The van der Waals surface area contributed by atoms with E-state index in [9.17, 15) is 0 Å².